The number of carbonyl (C=O) groups is 2. The van der Waals surface area contributed by atoms with Gasteiger partial charge in [0, 0.05) is 26.1 Å². The number of methoxy groups -OCH3 is 1. The number of rotatable bonds is 5. The number of nitrogens with zero attached hydrogens (tertiary/aromatic N) is 1. The Morgan fingerprint density at radius 3 is 3.00 bits per heavy atom. The highest BCUT2D eigenvalue weighted by Gasteiger charge is 2.23. The van der Waals surface area contributed by atoms with E-state index < -0.39 is 6.10 Å². The molecule has 1 N–H and O–H groups in total. The maximum absolute atomic E-state index is 12.3. The maximum Gasteiger partial charge on any atom is 0.251 e. The molecule has 0 radical (unpaired) electrons. The van der Waals surface area contributed by atoms with Crippen molar-refractivity contribution in [2.75, 3.05) is 26.7 Å². The predicted molar refractivity (Wildman–Crippen MR) is 81.5 cm³/mol. The summed E-state index contributed by atoms with van der Waals surface area (Å²) in [4.78, 5) is 25.3. The highest BCUT2D eigenvalue weighted by Crippen LogP contribution is 2.14. The van der Waals surface area contributed by atoms with E-state index in [2.05, 4.69) is 5.32 Å². The molecule has 1 aromatic rings. The third kappa shape index (κ3) is 4.46. The van der Waals surface area contributed by atoms with E-state index in [0.29, 0.717) is 32.7 Å². The monoisotopic (exact) mass is 306 g/mol. The largest absolute Gasteiger partial charge is 0.497 e. The van der Waals surface area contributed by atoms with Crippen LogP contribution in [0.15, 0.2) is 24.3 Å². The lowest BCUT2D eigenvalue weighted by atomic mass is 10.2. The normalized spacial score (nSPS) is 16.6. The van der Waals surface area contributed by atoms with Crippen LogP contribution in [0.1, 0.15) is 18.9 Å². The first-order chi connectivity index (χ1) is 10.6. The van der Waals surface area contributed by atoms with Gasteiger partial charge in [0.25, 0.3) is 5.91 Å². The molecule has 6 nitrogen and oxygen atoms in total. The Hall–Kier alpha value is -2.08. The molecule has 1 heterocycles. The van der Waals surface area contributed by atoms with Crippen molar-refractivity contribution in [3.63, 3.8) is 0 Å². The van der Waals surface area contributed by atoms with Gasteiger partial charge in [-0.2, -0.15) is 0 Å². The molecule has 0 spiro atoms. The lowest BCUT2D eigenvalue weighted by Crippen LogP contribution is -2.41. The van der Waals surface area contributed by atoms with E-state index in [1.807, 2.05) is 24.3 Å². The van der Waals surface area contributed by atoms with Crippen LogP contribution in [-0.2, 0) is 20.9 Å². The van der Waals surface area contributed by atoms with Crippen LogP contribution in [0.4, 0.5) is 0 Å². The van der Waals surface area contributed by atoms with E-state index in [1.54, 1.807) is 18.9 Å². The van der Waals surface area contributed by atoms with Crippen LogP contribution in [-0.4, -0.2) is 49.6 Å². The number of benzene rings is 1. The van der Waals surface area contributed by atoms with E-state index in [1.165, 1.54) is 0 Å². The quantitative estimate of drug-likeness (QED) is 0.879. The minimum absolute atomic E-state index is 0.0137. The Morgan fingerprint density at radius 2 is 2.23 bits per heavy atom. The molecule has 22 heavy (non-hydrogen) atoms. The number of carbonyl (C=O) groups excluding carboxylic acids is 2. The van der Waals surface area contributed by atoms with Crippen molar-refractivity contribution in [1.29, 1.82) is 0 Å². The average molecular weight is 306 g/mol. The van der Waals surface area contributed by atoms with Crippen molar-refractivity contribution in [3.8, 4) is 5.75 Å². The minimum Gasteiger partial charge on any atom is -0.497 e. The Balaban J connectivity index is 1.86. The van der Waals surface area contributed by atoms with Gasteiger partial charge in [-0.1, -0.05) is 12.1 Å². The zero-order valence-corrected chi connectivity index (χ0v) is 13.0. The van der Waals surface area contributed by atoms with Crippen LogP contribution in [0.2, 0.25) is 0 Å². The highest BCUT2D eigenvalue weighted by atomic mass is 16.5. The first-order valence-electron chi connectivity index (χ1n) is 7.40. The van der Waals surface area contributed by atoms with Crippen molar-refractivity contribution in [2.24, 2.45) is 0 Å². The molecule has 0 aliphatic carbocycles. The predicted octanol–water partition coefficient (Wildman–Crippen LogP) is 0.949. The molecule has 1 aliphatic heterocycles. The van der Waals surface area contributed by atoms with Crippen molar-refractivity contribution in [1.82, 2.24) is 10.2 Å². The average Bonchev–Trinajstić information content (AvgIpc) is 2.76. The smallest absolute Gasteiger partial charge is 0.251 e. The van der Waals surface area contributed by atoms with E-state index in [4.69, 9.17) is 9.47 Å². The fourth-order valence-corrected chi connectivity index (χ4v) is 2.30. The van der Waals surface area contributed by atoms with Crippen LogP contribution in [0.5, 0.6) is 5.75 Å². The molecular formula is C16H22N2O4. The molecule has 0 bridgehead atoms. The highest BCUT2D eigenvalue weighted by molar-refractivity contribution is 5.82. The van der Waals surface area contributed by atoms with Crippen LogP contribution in [0.3, 0.4) is 0 Å². The summed E-state index contributed by atoms with van der Waals surface area (Å²) in [6.45, 7) is 3.54. The Labute approximate surface area is 130 Å². The Morgan fingerprint density at radius 1 is 1.41 bits per heavy atom. The van der Waals surface area contributed by atoms with Crippen molar-refractivity contribution < 1.29 is 19.1 Å². The molecule has 1 saturated heterocycles. The second-order valence-corrected chi connectivity index (χ2v) is 5.23. The second kappa shape index (κ2) is 7.79. The van der Waals surface area contributed by atoms with Gasteiger partial charge in [0.15, 0.2) is 0 Å². The summed E-state index contributed by atoms with van der Waals surface area (Å²) in [6, 6.07) is 7.55. The van der Waals surface area contributed by atoms with E-state index in [-0.39, 0.29) is 11.8 Å². The molecule has 6 heteroatoms. The van der Waals surface area contributed by atoms with Gasteiger partial charge in [-0.3, -0.25) is 9.59 Å². The third-order valence-electron chi connectivity index (χ3n) is 3.61. The standard InChI is InChI=1S/C16H22N2O4/c1-12(16(20)18-8-6-15(19)17-7-9-18)22-11-13-4-3-5-14(10-13)21-2/h3-5,10,12H,6-9,11H2,1-2H3,(H,17,19)/t12-/m0/s1. The fourth-order valence-electron chi connectivity index (χ4n) is 2.30. The topological polar surface area (TPSA) is 67.9 Å². The van der Waals surface area contributed by atoms with Gasteiger partial charge in [-0.25, -0.2) is 0 Å². The first kappa shape index (κ1) is 16.3. The zero-order valence-electron chi connectivity index (χ0n) is 13.0. The first-order valence-corrected chi connectivity index (χ1v) is 7.40. The molecule has 120 valence electrons. The molecule has 0 aromatic heterocycles. The van der Waals surface area contributed by atoms with Gasteiger partial charge < -0.3 is 19.7 Å². The van der Waals surface area contributed by atoms with E-state index in [9.17, 15) is 9.59 Å². The fraction of sp³-hybridized carbons (Fsp3) is 0.500. The van der Waals surface area contributed by atoms with Crippen molar-refractivity contribution in [3.05, 3.63) is 29.8 Å². The van der Waals surface area contributed by atoms with Gasteiger partial charge >= 0.3 is 0 Å². The summed E-state index contributed by atoms with van der Waals surface area (Å²) in [6.07, 6.45) is -0.201. The van der Waals surface area contributed by atoms with Gasteiger partial charge in [0.1, 0.15) is 11.9 Å². The number of hydrogen-bond donors (Lipinski definition) is 1. The lowest BCUT2D eigenvalue weighted by molar-refractivity contribution is -0.143. The summed E-state index contributed by atoms with van der Waals surface area (Å²) in [5, 5.41) is 2.75. The minimum atomic E-state index is -0.542. The Bertz CT molecular complexity index is 533. The van der Waals surface area contributed by atoms with Crippen LogP contribution >= 0.6 is 0 Å². The summed E-state index contributed by atoms with van der Waals surface area (Å²) >= 11 is 0. The Kier molecular flexibility index (Phi) is 5.77. The number of ether oxygens (including phenoxy) is 2. The van der Waals surface area contributed by atoms with Crippen LogP contribution in [0.25, 0.3) is 0 Å². The summed E-state index contributed by atoms with van der Waals surface area (Å²) in [7, 11) is 1.61. The van der Waals surface area contributed by atoms with Crippen molar-refractivity contribution >= 4 is 11.8 Å². The molecule has 1 atom stereocenters. The second-order valence-electron chi connectivity index (χ2n) is 5.23. The lowest BCUT2D eigenvalue weighted by Gasteiger charge is -2.23. The molecule has 0 unspecified atom stereocenters. The molecule has 1 aromatic carbocycles. The summed E-state index contributed by atoms with van der Waals surface area (Å²) in [5.74, 6) is 0.664. The van der Waals surface area contributed by atoms with Crippen molar-refractivity contribution in [2.45, 2.75) is 26.1 Å². The molecule has 0 saturated carbocycles. The molecule has 1 aliphatic rings. The number of amides is 2. The number of nitrogens with one attached hydrogen (secondary N) is 1. The third-order valence-corrected chi connectivity index (χ3v) is 3.61. The van der Waals surface area contributed by atoms with Gasteiger partial charge in [0.05, 0.1) is 13.7 Å². The maximum atomic E-state index is 12.3. The van der Waals surface area contributed by atoms with E-state index >= 15 is 0 Å². The molecule has 1 fully saturated rings. The molecular weight excluding hydrogens is 284 g/mol. The van der Waals surface area contributed by atoms with Gasteiger partial charge in [0.2, 0.25) is 5.91 Å². The van der Waals surface area contributed by atoms with Crippen LogP contribution < -0.4 is 10.1 Å². The number of hydrogen-bond acceptors (Lipinski definition) is 4. The summed E-state index contributed by atoms with van der Waals surface area (Å²) in [5.41, 5.74) is 0.951. The van der Waals surface area contributed by atoms with Crippen LogP contribution in [0, 0.1) is 0 Å². The zero-order chi connectivity index (χ0) is 15.9. The molecule has 2 rings (SSSR count). The van der Waals surface area contributed by atoms with Gasteiger partial charge in [-0.15, -0.1) is 0 Å². The summed E-state index contributed by atoms with van der Waals surface area (Å²) < 4.78 is 10.8. The van der Waals surface area contributed by atoms with Gasteiger partial charge in [-0.05, 0) is 24.6 Å². The SMILES string of the molecule is COc1cccc(CO[C@@H](C)C(=O)N2CCNC(=O)CC2)c1. The molecule has 2 amide bonds. The van der Waals surface area contributed by atoms with E-state index in [0.717, 1.165) is 11.3 Å².